The van der Waals surface area contributed by atoms with Gasteiger partial charge in [0.1, 0.15) is 16.7 Å². The Morgan fingerprint density at radius 1 is 1.45 bits per heavy atom. The minimum atomic E-state index is -3.98. The number of aliphatic carboxylic acids is 1. The van der Waals surface area contributed by atoms with Crippen LogP contribution in [0.2, 0.25) is 0 Å². The molecule has 1 heterocycles. The molecule has 0 bridgehead atoms. The van der Waals surface area contributed by atoms with Gasteiger partial charge in [0.05, 0.1) is 6.61 Å². The highest BCUT2D eigenvalue weighted by atomic mass is 79.9. The Morgan fingerprint density at radius 2 is 2.14 bits per heavy atom. The number of hydrogen-bond donors (Lipinski definition) is 2. The van der Waals surface area contributed by atoms with E-state index in [1.165, 1.54) is 6.07 Å². The highest BCUT2D eigenvalue weighted by Gasteiger charge is 2.31. The third-order valence-corrected chi connectivity index (χ3v) is 5.24. The first kappa shape index (κ1) is 17.2. The molecule has 2 rings (SSSR count). The predicted molar refractivity (Wildman–Crippen MR) is 84.5 cm³/mol. The first-order valence-corrected chi connectivity index (χ1v) is 9.18. The molecule has 0 aliphatic carbocycles. The van der Waals surface area contributed by atoms with Gasteiger partial charge in [-0.05, 0) is 24.5 Å². The van der Waals surface area contributed by atoms with E-state index >= 15 is 0 Å². The lowest BCUT2D eigenvalue weighted by Gasteiger charge is -2.18. The number of fused-ring (bicyclic) bond motifs is 1. The Kier molecular flexibility index (Phi) is 5.14. The summed E-state index contributed by atoms with van der Waals surface area (Å²) >= 11 is 3.28. The van der Waals surface area contributed by atoms with Crippen LogP contribution in [0.15, 0.2) is 21.5 Å². The Balaban J connectivity index is 2.37. The van der Waals surface area contributed by atoms with Crippen molar-refractivity contribution in [2.24, 2.45) is 5.92 Å². The van der Waals surface area contributed by atoms with E-state index in [2.05, 4.69) is 20.7 Å². The van der Waals surface area contributed by atoms with Gasteiger partial charge < -0.3 is 9.84 Å². The molecule has 1 aromatic carbocycles. The van der Waals surface area contributed by atoms with Gasteiger partial charge in [-0.25, -0.2) is 8.42 Å². The van der Waals surface area contributed by atoms with E-state index in [1.807, 2.05) is 19.9 Å². The molecule has 6 nitrogen and oxygen atoms in total. The van der Waals surface area contributed by atoms with Crippen molar-refractivity contribution in [3.8, 4) is 5.75 Å². The van der Waals surface area contributed by atoms with Crippen LogP contribution in [-0.2, 0) is 21.2 Å². The summed E-state index contributed by atoms with van der Waals surface area (Å²) in [7, 11) is -3.98. The molecule has 0 amide bonds. The average Bonchev–Trinajstić information content (AvgIpc) is 2.83. The van der Waals surface area contributed by atoms with E-state index in [-0.39, 0.29) is 17.2 Å². The molecule has 0 spiro atoms. The van der Waals surface area contributed by atoms with Crippen molar-refractivity contribution in [3.05, 3.63) is 22.2 Å². The zero-order valence-corrected chi connectivity index (χ0v) is 14.7. The summed E-state index contributed by atoms with van der Waals surface area (Å²) in [5, 5.41) is 9.21. The monoisotopic (exact) mass is 391 g/mol. The number of carbonyl (C=O) groups is 1. The fraction of sp³-hybridized carbons (Fsp3) is 0.500. The first-order chi connectivity index (χ1) is 10.2. The summed E-state index contributed by atoms with van der Waals surface area (Å²) in [4.78, 5) is 11.3. The van der Waals surface area contributed by atoms with E-state index in [4.69, 9.17) is 4.74 Å². The van der Waals surface area contributed by atoms with Crippen molar-refractivity contribution >= 4 is 31.9 Å². The van der Waals surface area contributed by atoms with E-state index in [1.54, 1.807) is 0 Å². The van der Waals surface area contributed by atoms with E-state index < -0.39 is 22.0 Å². The second-order valence-corrected chi connectivity index (χ2v) is 8.23. The van der Waals surface area contributed by atoms with Crippen LogP contribution in [0.5, 0.6) is 5.75 Å². The SMILES string of the molecule is CC(C)C[C@H](NS(=O)(=O)c1cc(Br)cc2c1OCC2)C(=O)O. The fourth-order valence-electron chi connectivity index (χ4n) is 2.36. The van der Waals surface area contributed by atoms with Gasteiger partial charge in [-0.1, -0.05) is 29.8 Å². The van der Waals surface area contributed by atoms with Gasteiger partial charge in [0.25, 0.3) is 0 Å². The van der Waals surface area contributed by atoms with Crippen LogP contribution in [-0.4, -0.2) is 32.1 Å². The maximum atomic E-state index is 12.6. The molecule has 0 unspecified atom stereocenters. The van der Waals surface area contributed by atoms with Crippen LogP contribution < -0.4 is 9.46 Å². The largest absolute Gasteiger partial charge is 0.492 e. The molecule has 0 saturated carbocycles. The Hall–Kier alpha value is -1.12. The number of sulfonamides is 1. The number of halogens is 1. The maximum absolute atomic E-state index is 12.6. The second-order valence-electron chi connectivity index (χ2n) is 5.63. The molecule has 8 heteroatoms. The quantitative estimate of drug-likeness (QED) is 0.774. The molecule has 0 fully saturated rings. The molecular formula is C14H18BrNO5S. The summed E-state index contributed by atoms with van der Waals surface area (Å²) in [5.74, 6) is -0.831. The third-order valence-electron chi connectivity index (χ3n) is 3.31. The number of hydrogen-bond acceptors (Lipinski definition) is 4. The van der Waals surface area contributed by atoms with Crippen LogP contribution >= 0.6 is 15.9 Å². The van der Waals surface area contributed by atoms with Crippen LogP contribution in [0.4, 0.5) is 0 Å². The highest BCUT2D eigenvalue weighted by Crippen LogP contribution is 2.35. The van der Waals surface area contributed by atoms with Crippen molar-refractivity contribution in [3.63, 3.8) is 0 Å². The predicted octanol–water partition coefficient (Wildman–Crippen LogP) is 2.16. The second kappa shape index (κ2) is 6.55. The van der Waals surface area contributed by atoms with Crippen molar-refractivity contribution in [2.75, 3.05) is 6.61 Å². The first-order valence-electron chi connectivity index (χ1n) is 6.91. The molecule has 0 radical (unpaired) electrons. The summed E-state index contributed by atoms with van der Waals surface area (Å²) in [6, 6.07) is 2.08. The van der Waals surface area contributed by atoms with Crippen LogP contribution in [0.1, 0.15) is 25.8 Å². The zero-order valence-electron chi connectivity index (χ0n) is 12.3. The summed E-state index contributed by atoms with van der Waals surface area (Å²) in [6.45, 7) is 4.09. The third kappa shape index (κ3) is 3.80. The number of nitrogens with one attached hydrogen (secondary N) is 1. The zero-order chi connectivity index (χ0) is 16.5. The lowest BCUT2D eigenvalue weighted by molar-refractivity contribution is -0.139. The molecule has 1 aliphatic heterocycles. The number of benzene rings is 1. The Bertz CT molecular complexity index is 687. The fourth-order valence-corrected chi connectivity index (χ4v) is 4.43. The molecule has 122 valence electrons. The Labute approximate surface area is 138 Å². The van der Waals surface area contributed by atoms with E-state index in [0.29, 0.717) is 23.2 Å². The van der Waals surface area contributed by atoms with Crippen molar-refractivity contribution in [1.29, 1.82) is 0 Å². The number of carboxylic acid groups (broad SMARTS) is 1. The molecular weight excluding hydrogens is 374 g/mol. The Morgan fingerprint density at radius 3 is 2.73 bits per heavy atom. The van der Waals surface area contributed by atoms with Crippen molar-refractivity contribution < 1.29 is 23.1 Å². The topological polar surface area (TPSA) is 92.7 Å². The van der Waals surface area contributed by atoms with Gasteiger partial charge >= 0.3 is 5.97 Å². The van der Waals surface area contributed by atoms with Gasteiger partial charge in [-0.15, -0.1) is 0 Å². The lowest BCUT2D eigenvalue weighted by Crippen LogP contribution is -2.41. The van der Waals surface area contributed by atoms with Gasteiger partial charge in [-0.2, -0.15) is 4.72 Å². The van der Waals surface area contributed by atoms with Crippen molar-refractivity contribution in [2.45, 2.75) is 37.6 Å². The van der Waals surface area contributed by atoms with Gasteiger partial charge in [0.15, 0.2) is 0 Å². The lowest BCUT2D eigenvalue weighted by atomic mass is 10.1. The number of carboxylic acids is 1. The molecule has 1 aromatic rings. The standard InChI is InChI=1S/C14H18BrNO5S/c1-8(2)5-11(14(17)18)16-22(19,20)12-7-10(15)6-9-3-4-21-13(9)12/h6-8,11,16H,3-5H2,1-2H3,(H,17,18)/t11-/m0/s1. The summed E-state index contributed by atoms with van der Waals surface area (Å²) in [5.41, 5.74) is 0.797. The van der Waals surface area contributed by atoms with E-state index in [9.17, 15) is 18.3 Å². The van der Waals surface area contributed by atoms with Crippen LogP contribution in [0.3, 0.4) is 0 Å². The molecule has 0 saturated heterocycles. The van der Waals surface area contributed by atoms with E-state index in [0.717, 1.165) is 5.56 Å². The van der Waals surface area contributed by atoms with Gasteiger partial charge in [0, 0.05) is 16.5 Å². The molecule has 2 N–H and O–H groups in total. The minimum Gasteiger partial charge on any atom is -0.492 e. The molecule has 1 aliphatic rings. The highest BCUT2D eigenvalue weighted by molar-refractivity contribution is 9.10. The smallest absolute Gasteiger partial charge is 0.321 e. The molecule has 0 aromatic heterocycles. The number of rotatable bonds is 6. The van der Waals surface area contributed by atoms with Gasteiger partial charge in [-0.3, -0.25) is 4.79 Å². The summed E-state index contributed by atoms with van der Waals surface area (Å²) in [6.07, 6.45) is 0.845. The maximum Gasteiger partial charge on any atom is 0.321 e. The normalized spacial score (nSPS) is 15.5. The summed E-state index contributed by atoms with van der Waals surface area (Å²) < 4.78 is 33.4. The molecule has 22 heavy (non-hydrogen) atoms. The molecule has 1 atom stereocenters. The number of ether oxygens (including phenoxy) is 1. The van der Waals surface area contributed by atoms with Gasteiger partial charge in [0.2, 0.25) is 10.0 Å². The average molecular weight is 392 g/mol. The van der Waals surface area contributed by atoms with Crippen LogP contribution in [0.25, 0.3) is 0 Å². The minimum absolute atomic E-state index is 0.0237. The van der Waals surface area contributed by atoms with Crippen molar-refractivity contribution in [1.82, 2.24) is 4.72 Å². The van der Waals surface area contributed by atoms with Crippen LogP contribution in [0, 0.1) is 5.92 Å².